The second kappa shape index (κ2) is 7.68. The Morgan fingerprint density at radius 2 is 2.00 bits per heavy atom. The maximum atomic E-state index is 10.9. The van der Waals surface area contributed by atoms with Gasteiger partial charge in [0.1, 0.15) is 11.3 Å². The highest BCUT2D eigenvalue weighted by molar-refractivity contribution is 5.90. The van der Waals surface area contributed by atoms with Crippen LogP contribution < -0.4 is 4.74 Å². The first-order chi connectivity index (χ1) is 8.25. The lowest BCUT2D eigenvalue weighted by atomic mass is 10.2. The number of hydrogen-bond donors (Lipinski definition) is 1. The van der Waals surface area contributed by atoms with Crippen molar-refractivity contribution in [3.63, 3.8) is 0 Å². The van der Waals surface area contributed by atoms with E-state index in [4.69, 9.17) is 14.6 Å². The second-order valence-electron chi connectivity index (χ2n) is 3.62. The molecule has 0 aliphatic carbocycles. The second-order valence-corrected chi connectivity index (χ2v) is 3.62. The predicted octanol–water partition coefficient (Wildman–Crippen LogP) is 2.58. The molecule has 0 bridgehead atoms. The van der Waals surface area contributed by atoms with Crippen LogP contribution in [-0.2, 0) is 4.74 Å². The zero-order chi connectivity index (χ0) is 12.5. The summed E-state index contributed by atoms with van der Waals surface area (Å²) in [5, 5.41) is 8.93. The topological polar surface area (TPSA) is 55.8 Å². The van der Waals surface area contributed by atoms with Gasteiger partial charge in [-0.3, -0.25) is 0 Å². The van der Waals surface area contributed by atoms with E-state index in [9.17, 15) is 4.79 Å². The van der Waals surface area contributed by atoms with Crippen molar-refractivity contribution in [3.05, 3.63) is 29.8 Å². The SMILES string of the molecule is CCCOCCCOc1ccccc1C(=O)O. The standard InChI is InChI=1S/C13H18O4/c1-2-8-16-9-5-10-17-12-7-4-3-6-11(12)13(14)15/h3-4,6-7H,2,5,8-10H2,1H3,(H,14,15). The molecule has 0 atom stereocenters. The summed E-state index contributed by atoms with van der Waals surface area (Å²) >= 11 is 0. The van der Waals surface area contributed by atoms with E-state index in [0.29, 0.717) is 19.0 Å². The lowest BCUT2D eigenvalue weighted by Gasteiger charge is -2.08. The van der Waals surface area contributed by atoms with E-state index >= 15 is 0 Å². The number of para-hydroxylation sites is 1. The fourth-order valence-corrected chi connectivity index (χ4v) is 1.36. The number of carbonyl (C=O) groups is 1. The number of aromatic carboxylic acids is 1. The van der Waals surface area contributed by atoms with Crippen LogP contribution in [0, 0.1) is 0 Å². The van der Waals surface area contributed by atoms with Gasteiger partial charge in [-0.15, -0.1) is 0 Å². The van der Waals surface area contributed by atoms with Crippen molar-refractivity contribution in [1.29, 1.82) is 0 Å². The van der Waals surface area contributed by atoms with Gasteiger partial charge in [0.15, 0.2) is 0 Å². The van der Waals surface area contributed by atoms with Gasteiger partial charge in [-0.05, 0) is 18.6 Å². The average molecular weight is 238 g/mol. The first kappa shape index (κ1) is 13.5. The van der Waals surface area contributed by atoms with Crippen molar-refractivity contribution in [3.8, 4) is 5.75 Å². The lowest BCUT2D eigenvalue weighted by Crippen LogP contribution is -2.06. The highest BCUT2D eigenvalue weighted by Crippen LogP contribution is 2.17. The van der Waals surface area contributed by atoms with E-state index < -0.39 is 5.97 Å². The summed E-state index contributed by atoms with van der Waals surface area (Å²) < 4.78 is 10.7. The summed E-state index contributed by atoms with van der Waals surface area (Å²) in [5.74, 6) is -0.557. The number of carboxylic acids is 1. The summed E-state index contributed by atoms with van der Waals surface area (Å²) in [7, 11) is 0. The van der Waals surface area contributed by atoms with Crippen molar-refractivity contribution < 1.29 is 19.4 Å². The molecule has 4 heteroatoms. The molecule has 0 heterocycles. The van der Waals surface area contributed by atoms with E-state index in [1.807, 2.05) is 0 Å². The summed E-state index contributed by atoms with van der Waals surface area (Å²) in [4.78, 5) is 10.9. The van der Waals surface area contributed by atoms with Crippen molar-refractivity contribution in [2.24, 2.45) is 0 Å². The molecule has 0 aliphatic rings. The molecule has 1 aromatic carbocycles. The van der Waals surface area contributed by atoms with Gasteiger partial charge in [0, 0.05) is 19.6 Å². The number of benzene rings is 1. The third-order valence-electron chi connectivity index (χ3n) is 2.16. The summed E-state index contributed by atoms with van der Waals surface area (Å²) in [6, 6.07) is 6.64. The van der Waals surface area contributed by atoms with Gasteiger partial charge in [-0.2, -0.15) is 0 Å². The van der Waals surface area contributed by atoms with Crippen LogP contribution in [0.1, 0.15) is 30.1 Å². The Hall–Kier alpha value is -1.55. The number of carboxylic acid groups (broad SMARTS) is 1. The minimum absolute atomic E-state index is 0.196. The molecule has 0 saturated carbocycles. The molecular formula is C13H18O4. The molecule has 0 spiro atoms. The van der Waals surface area contributed by atoms with Gasteiger partial charge < -0.3 is 14.6 Å². The van der Waals surface area contributed by atoms with E-state index in [2.05, 4.69) is 6.92 Å². The summed E-state index contributed by atoms with van der Waals surface area (Å²) in [6.45, 7) is 3.92. The minimum Gasteiger partial charge on any atom is -0.493 e. The molecule has 94 valence electrons. The maximum absolute atomic E-state index is 10.9. The van der Waals surface area contributed by atoms with Crippen LogP contribution in [-0.4, -0.2) is 30.9 Å². The van der Waals surface area contributed by atoms with Crippen molar-refractivity contribution in [2.75, 3.05) is 19.8 Å². The van der Waals surface area contributed by atoms with Gasteiger partial charge in [0.05, 0.1) is 6.61 Å². The van der Waals surface area contributed by atoms with Crippen molar-refractivity contribution >= 4 is 5.97 Å². The normalized spacial score (nSPS) is 10.2. The third-order valence-corrected chi connectivity index (χ3v) is 2.16. The molecular weight excluding hydrogens is 220 g/mol. The molecule has 17 heavy (non-hydrogen) atoms. The van der Waals surface area contributed by atoms with Crippen LogP contribution in [0.5, 0.6) is 5.75 Å². The first-order valence-electron chi connectivity index (χ1n) is 5.78. The lowest BCUT2D eigenvalue weighted by molar-refractivity contribution is 0.0691. The quantitative estimate of drug-likeness (QED) is 0.707. The van der Waals surface area contributed by atoms with Crippen LogP contribution in [0.25, 0.3) is 0 Å². The largest absolute Gasteiger partial charge is 0.493 e. The molecule has 1 N–H and O–H groups in total. The first-order valence-corrected chi connectivity index (χ1v) is 5.78. The van der Waals surface area contributed by atoms with Gasteiger partial charge in [-0.1, -0.05) is 19.1 Å². The Labute approximate surface area is 101 Å². The zero-order valence-electron chi connectivity index (χ0n) is 10.0. The Kier molecular flexibility index (Phi) is 6.10. The fraction of sp³-hybridized carbons (Fsp3) is 0.462. The van der Waals surface area contributed by atoms with Crippen LogP contribution in [0.3, 0.4) is 0 Å². The number of rotatable bonds is 8. The molecule has 0 amide bonds. The van der Waals surface area contributed by atoms with E-state index in [0.717, 1.165) is 19.4 Å². The maximum Gasteiger partial charge on any atom is 0.339 e. The molecule has 1 rings (SSSR count). The average Bonchev–Trinajstić information content (AvgIpc) is 2.34. The predicted molar refractivity (Wildman–Crippen MR) is 64.6 cm³/mol. The number of hydrogen-bond acceptors (Lipinski definition) is 3. The van der Waals surface area contributed by atoms with Crippen molar-refractivity contribution in [2.45, 2.75) is 19.8 Å². The fourth-order valence-electron chi connectivity index (χ4n) is 1.36. The molecule has 4 nitrogen and oxygen atoms in total. The Balaban J connectivity index is 2.34. The Morgan fingerprint density at radius 1 is 1.24 bits per heavy atom. The highest BCUT2D eigenvalue weighted by Gasteiger charge is 2.09. The summed E-state index contributed by atoms with van der Waals surface area (Å²) in [5.41, 5.74) is 0.196. The van der Waals surface area contributed by atoms with Gasteiger partial charge >= 0.3 is 5.97 Å². The van der Waals surface area contributed by atoms with Crippen molar-refractivity contribution in [1.82, 2.24) is 0 Å². The van der Waals surface area contributed by atoms with Crippen LogP contribution in [0.4, 0.5) is 0 Å². The van der Waals surface area contributed by atoms with E-state index in [-0.39, 0.29) is 5.56 Å². The molecule has 0 saturated heterocycles. The molecule has 0 unspecified atom stereocenters. The van der Waals surface area contributed by atoms with Crippen LogP contribution in [0.2, 0.25) is 0 Å². The molecule has 0 radical (unpaired) electrons. The molecule has 0 aromatic heterocycles. The van der Waals surface area contributed by atoms with E-state index in [1.54, 1.807) is 18.2 Å². The Bertz CT molecular complexity index is 349. The monoisotopic (exact) mass is 238 g/mol. The van der Waals surface area contributed by atoms with Gasteiger partial charge in [0.2, 0.25) is 0 Å². The molecule has 0 aliphatic heterocycles. The van der Waals surface area contributed by atoms with Gasteiger partial charge in [0.25, 0.3) is 0 Å². The third kappa shape index (κ3) is 4.87. The highest BCUT2D eigenvalue weighted by atomic mass is 16.5. The van der Waals surface area contributed by atoms with E-state index in [1.165, 1.54) is 6.07 Å². The smallest absolute Gasteiger partial charge is 0.339 e. The summed E-state index contributed by atoms with van der Waals surface area (Å²) in [6.07, 6.45) is 1.76. The van der Waals surface area contributed by atoms with Crippen LogP contribution >= 0.6 is 0 Å². The molecule has 1 aromatic rings. The molecule has 0 fully saturated rings. The zero-order valence-corrected chi connectivity index (χ0v) is 10.0. The Morgan fingerprint density at radius 3 is 2.71 bits per heavy atom. The minimum atomic E-state index is -0.970. The van der Waals surface area contributed by atoms with Crippen LogP contribution in [0.15, 0.2) is 24.3 Å². The number of ether oxygens (including phenoxy) is 2. The van der Waals surface area contributed by atoms with Gasteiger partial charge in [-0.25, -0.2) is 4.79 Å².